The molecule has 0 nitrogen and oxygen atoms in total. The summed E-state index contributed by atoms with van der Waals surface area (Å²) in [5.41, 5.74) is 4.82. The van der Waals surface area contributed by atoms with E-state index in [0.29, 0.717) is 0 Å². The fourth-order valence-electron chi connectivity index (χ4n) is 0. The van der Waals surface area contributed by atoms with Crippen molar-refractivity contribution >= 4 is 16.2 Å². The zero-order valence-corrected chi connectivity index (χ0v) is 6.71. The summed E-state index contributed by atoms with van der Waals surface area (Å²) in [5, 5.41) is 0. The first kappa shape index (κ1) is 5.64. The summed E-state index contributed by atoms with van der Waals surface area (Å²) in [6, 6.07) is 0. The molecule has 0 aliphatic carbocycles. The van der Waals surface area contributed by atoms with Crippen molar-refractivity contribution in [3.63, 3.8) is 0 Å². The van der Waals surface area contributed by atoms with Gasteiger partial charge in [-0.3, -0.25) is 0 Å². The van der Waals surface area contributed by atoms with E-state index in [1.165, 1.54) is 4.98 Å². The van der Waals surface area contributed by atoms with Gasteiger partial charge in [-0.05, 0) is 0 Å². The molecule has 0 unspecified atom stereocenters. The van der Waals surface area contributed by atoms with Crippen LogP contribution in [-0.4, -0.2) is 16.2 Å². The van der Waals surface area contributed by atoms with E-state index >= 15 is 0 Å². The van der Waals surface area contributed by atoms with Crippen LogP contribution in [0.3, 0.4) is 0 Å². The molecule has 0 amide bonds. The van der Waals surface area contributed by atoms with Gasteiger partial charge >= 0.3 is 39.1 Å². The van der Waals surface area contributed by atoms with Gasteiger partial charge in [-0.2, -0.15) is 0 Å². The monoisotopic (exact) mass is 128 g/mol. The van der Waals surface area contributed by atoms with Crippen LogP contribution in [0, 0.1) is 0 Å². The van der Waals surface area contributed by atoms with Crippen molar-refractivity contribution in [1.82, 2.24) is 0 Å². The van der Waals surface area contributed by atoms with E-state index in [4.69, 9.17) is 0 Å². The van der Waals surface area contributed by atoms with Gasteiger partial charge in [0.25, 0.3) is 0 Å². The average Bonchev–Trinajstić information content (AvgIpc) is 1.38. The van der Waals surface area contributed by atoms with Crippen LogP contribution >= 0.6 is 0 Å². The summed E-state index contributed by atoms with van der Waals surface area (Å²) in [6.07, 6.45) is 0. The SMILES string of the molecule is C[CH2][Ga]([CH3])[CH3]. The van der Waals surface area contributed by atoms with Gasteiger partial charge in [-0.1, -0.05) is 0 Å². The Morgan fingerprint density at radius 1 is 1.40 bits per heavy atom. The first-order valence-corrected chi connectivity index (χ1v) is 8.83. The Morgan fingerprint density at radius 3 is 1.60 bits per heavy atom. The van der Waals surface area contributed by atoms with Crippen LogP contribution in [-0.2, 0) is 0 Å². The predicted octanol–water partition coefficient (Wildman–Crippen LogP) is 1.76. The standard InChI is InChI=1S/C2H5.2CH3.Ga/c1-2;;;/h1H2,2H3;2*1H3;. The maximum atomic E-state index is 2.41. The Hall–Kier alpha value is 0.636. The molecular formula is C4H11Ga. The van der Waals surface area contributed by atoms with Crippen LogP contribution in [0.2, 0.25) is 15.9 Å². The van der Waals surface area contributed by atoms with Gasteiger partial charge in [-0.25, -0.2) is 0 Å². The second kappa shape index (κ2) is 2.85. The summed E-state index contributed by atoms with van der Waals surface area (Å²) in [6.45, 7) is 2.28. The molecule has 0 atom stereocenters. The fourth-order valence-corrected chi connectivity index (χ4v) is 0. The van der Waals surface area contributed by atoms with Gasteiger partial charge in [0.05, 0.1) is 0 Å². The van der Waals surface area contributed by atoms with Gasteiger partial charge in [0.1, 0.15) is 0 Å². The van der Waals surface area contributed by atoms with Gasteiger partial charge in [0.2, 0.25) is 0 Å². The molecule has 1 heteroatoms. The van der Waals surface area contributed by atoms with Crippen molar-refractivity contribution in [2.24, 2.45) is 0 Å². The summed E-state index contributed by atoms with van der Waals surface area (Å²) < 4.78 is 0. The Bertz CT molecular complexity index is 17.6. The molecule has 0 aliphatic rings. The molecule has 0 N–H and O–H groups in total. The molecule has 0 aromatic heterocycles. The van der Waals surface area contributed by atoms with E-state index in [2.05, 4.69) is 17.9 Å². The molecule has 0 aliphatic heterocycles. The zero-order chi connectivity index (χ0) is 4.28. The second-order valence-electron chi connectivity index (χ2n) is 1.80. The summed E-state index contributed by atoms with van der Waals surface area (Å²) in [7, 11) is 0. The predicted molar refractivity (Wildman–Crippen MR) is 28.0 cm³/mol. The van der Waals surface area contributed by atoms with Crippen molar-refractivity contribution < 1.29 is 0 Å². The Balaban J connectivity index is 2.54. The van der Waals surface area contributed by atoms with Crippen molar-refractivity contribution in [1.29, 1.82) is 0 Å². The molecule has 0 spiro atoms. The van der Waals surface area contributed by atoms with Crippen LogP contribution in [0.15, 0.2) is 0 Å². The Kier molecular flexibility index (Phi) is 3.22. The number of hydrogen-bond donors (Lipinski definition) is 0. The molecule has 0 saturated heterocycles. The van der Waals surface area contributed by atoms with Crippen LogP contribution in [0.4, 0.5) is 0 Å². The average molecular weight is 129 g/mol. The molecular weight excluding hydrogens is 118 g/mol. The normalized spacial score (nSPS) is 7.80. The maximum absolute atomic E-state index is 2.41. The molecule has 0 aromatic rings. The summed E-state index contributed by atoms with van der Waals surface area (Å²) in [4.78, 5) is 1.49. The van der Waals surface area contributed by atoms with Crippen molar-refractivity contribution in [2.45, 2.75) is 22.9 Å². The van der Waals surface area contributed by atoms with E-state index < -0.39 is 16.2 Å². The molecule has 0 aromatic carbocycles. The van der Waals surface area contributed by atoms with Gasteiger partial charge in [0, 0.05) is 0 Å². The molecule has 0 radical (unpaired) electrons. The minimum absolute atomic E-state index is 0.512. The second-order valence-corrected chi connectivity index (χ2v) is 9.36. The quantitative estimate of drug-likeness (QED) is 0.473. The third kappa shape index (κ3) is 4.64. The van der Waals surface area contributed by atoms with E-state index in [1.807, 2.05) is 0 Å². The number of hydrogen-bond acceptors (Lipinski definition) is 0. The Morgan fingerprint density at radius 2 is 1.60 bits per heavy atom. The van der Waals surface area contributed by atoms with Gasteiger partial charge < -0.3 is 0 Å². The van der Waals surface area contributed by atoms with Crippen molar-refractivity contribution in [2.75, 3.05) is 0 Å². The van der Waals surface area contributed by atoms with E-state index in [-0.39, 0.29) is 0 Å². The minimum atomic E-state index is -0.512. The van der Waals surface area contributed by atoms with Crippen LogP contribution in [0.1, 0.15) is 6.92 Å². The third-order valence-corrected chi connectivity index (χ3v) is 4.24. The van der Waals surface area contributed by atoms with Crippen LogP contribution in [0.5, 0.6) is 0 Å². The molecule has 0 bridgehead atoms. The van der Waals surface area contributed by atoms with E-state index in [9.17, 15) is 0 Å². The van der Waals surface area contributed by atoms with Crippen LogP contribution in [0.25, 0.3) is 0 Å². The van der Waals surface area contributed by atoms with Crippen LogP contribution < -0.4 is 0 Å². The topological polar surface area (TPSA) is 0 Å². The summed E-state index contributed by atoms with van der Waals surface area (Å²) >= 11 is -0.512. The van der Waals surface area contributed by atoms with Gasteiger partial charge in [0.15, 0.2) is 0 Å². The molecule has 0 rings (SSSR count). The molecule has 0 heterocycles. The molecule has 5 heavy (non-hydrogen) atoms. The van der Waals surface area contributed by atoms with Gasteiger partial charge in [-0.15, -0.1) is 0 Å². The third-order valence-electron chi connectivity index (χ3n) is 0.816. The first-order chi connectivity index (χ1) is 2.27. The molecule has 0 saturated carbocycles. The van der Waals surface area contributed by atoms with E-state index in [0.717, 1.165) is 0 Å². The molecule has 0 fully saturated rings. The van der Waals surface area contributed by atoms with Crippen molar-refractivity contribution in [3.8, 4) is 0 Å². The fraction of sp³-hybridized carbons (Fsp3) is 1.00. The first-order valence-electron chi connectivity index (χ1n) is 2.27. The van der Waals surface area contributed by atoms with Crippen molar-refractivity contribution in [3.05, 3.63) is 0 Å². The number of rotatable bonds is 1. The Labute approximate surface area is 39.6 Å². The van der Waals surface area contributed by atoms with E-state index in [1.54, 1.807) is 0 Å². The summed E-state index contributed by atoms with van der Waals surface area (Å²) in [5.74, 6) is 0. The zero-order valence-electron chi connectivity index (χ0n) is 4.28. The molecule has 30 valence electrons.